The zero-order valence-corrected chi connectivity index (χ0v) is 11.2. The zero-order valence-electron chi connectivity index (χ0n) is 11.2. The van der Waals surface area contributed by atoms with E-state index in [-0.39, 0.29) is 13.2 Å². The predicted molar refractivity (Wildman–Crippen MR) is 71.2 cm³/mol. The van der Waals surface area contributed by atoms with Crippen LogP contribution in [0.4, 0.5) is 0 Å². The van der Waals surface area contributed by atoms with Gasteiger partial charge in [-0.25, -0.2) is 4.79 Å². The van der Waals surface area contributed by atoms with Crippen molar-refractivity contribution in [3.63, 3.8) is 0 Å². The van der Waals surface area contributed by atoms with Crippen molar-refractivity contribution in [2.75, 3.05) is 20.3 Å². The first kappa shape index (κ1) is 15.5. The summed E-state index contributed by atoms with van der Waals surface area (Å²) in [6.45, 7) is 1.71. The quantitative estimate of drug-likeness (QED) is 0.431. The molecule has 0 fully saturated rings. The van der Waals surface area contributed by atoms with E-state index in [1.807, 2.05) is 0 Å². The number of rotatable bonds is 7. The van der Waals surface area contributed by atoms with E-state index in [2.05, 4.69) is 0 Å². The molecule has 7 nitrogen and oxygen atoms in total. The molecule has 0 aliphatic heterocycles. The van der Waals surface area contributed by atoms with Crippen molar-refractivity contribution >= 4 is 12.0 Å². The van der Waals surface area contributed by atoms with E-state index in [4.69, 9.17) is 14.2 Å². The molecule has 0 aliphatic carbocycles. The Balaban J connectivity index is 2.83. The van der Waals surface area contributed by atoms with Gasteiger partial charge in [-0.3, -0.25) is 10.1 Å². The number of carbonyl (C=O) groups is 1. The first-order chi connectivity index (χ1) is 9.56. The van der Waals surface area contributed by atoms with Crippen molar-refractivity contribution in [1.29, 1.82) is 0 Å². The number of hydrogen-bond donors (Lipinski definition) is 0. The van der Waals surface area contributed by atoms with Gasteiger partial charge >= 0.3 is 5.97 Å². The summed E-state index contributed by atoms with van der Waals surface area (Å²) in [6.07, 6.45) is 2.13. The van der Waals surface area contributed by atoms with Crippen LogP contribution in [0.5, 0.6) is 11.5 Å². The Bertz CT molecular complexity index is 512. The van der Waals surface area contributed by atoms with Crippen molar-refractivity contribution in [3.8, 4) is 11.5 Å². The normalized spacial score (nSPS) is 10.3. The first-order valence-corrected chi connectivity index (χ1v) is 5.85. The third kappa shape index (κ3) is 4.97. The van der Waals surface area contributed by atoms with Crippen molar-refractivity contribution in [2.24, 2.45) is 0 Å². The summed E-state index contributed by atoms with van der Waals surface area (Å²) in [5.74, 6) is 0.236. The SMILES string of the molecule is CCOC(=O)COc1cc(/C=C/[N+](=O)[O-])ccc1OC. The van der Waals surface area contributed by atoms with Crippen LogP contribution in [0.25, 0.3) is 6.08 Å². The third-order valence-corrected chi connectivity index (χ3v) is 2.23. The highest BCUT2D eigenvalue weighted by Crippen LogP contribution is 2.28. The van der Waals surface area contributed by atoms with Gasteiger partial charge in [0.05, 0.1) is 18.6 Å². The topological polar surface area (TPSA) is 87.9 Å². The fourth-order valence-corrected chi connectivity index (χ4v) is 1.40. The van der Waals surface area contributed by atoms with Crippen LogP contribution < -0.4 is 9.47 Å². The van der Waals surface area contributed by atoms with Gasteiger partial charge in [-0.15, -0.1) is 0 Å². The maximum absolute atomic E-state index is 11.2. The van der Waals surface area contributed by atoms with Crippen LogP contribution >= 0.6 is 0 Å². The molecular formula is C13H15NO6. The molecule has 0 bridgehead atoms. The molecule has 1 rings (SSSR count). The highest BCUT2D eigenvalue weighted by molar-refractivity contribution is 5.71. The average molecular weight is 281 g/mol. The van der Waals surface area contributed by atoms with Crippen molar-refractivity contribution in [2.45, 2.75) is 6.92 Å². The molecule has 0 spiro atoms. The lowest BCUT2D eigenvalue weighted by Gasteiger charge is -2.10. The number of methoxy groups -OCH3 is 1. The molecule has 7 heteroatoms. The summed E-state index contributed by atoms with van der Waals surface area (Å²) >= 11 is 0. The molecule has 0 saturated heterocycles. The predicted octanol–water partition coefficient (Wildman–Crippen LogP) is 1.88. The molecule has 20 heavy (non-hydrogen) atoms. The molecule has 0 aromatic heterocycles. The third-order valence-electron chi connectivity index (χ3n) is 2.23. The highest BCUT2D eigenvalue weighted by Gasteiger charge is 2.09. The van der Waals surface area contributed by atoms with Crippen LogP contribution in [0.1, 0.15) is 12.5 Å². The number of nitro groups is 1. The monoisotopic (exact) mass is 281 g/mol. The molecule has 0 N–H and O–H groups in total. The standard InChI is InChI=1S/C13H15NO6/c1-3-19-13(15)9-20-12-8-10(6-7-14(16)17)4-5-11(12)18-2/h4-8H,3,9H2,1-2H3/b7-6+. The van der Waals surface area contributed by atoms with Gasteiger partial charge in [0.1, 0.15) is 0 Å². The van der Waals surface area contributed by atoms with Crippen LogP contribution in [-0.2, 0) is 9.53 Å². The van der Waals surface area contributed by atoms with E-state index in [1.165, 1.54) is 19.3 Å². The smallest absolute Gasteiger partial charge is 0.344 e. The lowest BCUT2D eigenvalue weighted by molar-refractivity contribution is -0.400. The Labute approximate surface area is 115 Å². The lowest BCUT2D eigenvalue weighted by Crippen LogP contribution is -2.14. The Kier molecular flexibility index (Phi) is 6.02. The summed E-state index contributed by atoms with van der Waals surface area (Å²) in [6, 6.07) is 4.77. The first-order valence-electron chi connectivity index (χ1n) is 5.85. The van der Waals surface area contributed by atoms with E-state index in [9.17, 15) is 14.9 Å². The largest absolute Gasteiger partial charge is 0.493 e. The molecule has 0 radical (unpaired) electrons. The van der Waals surface area contributed by atoms with Gasteiger partial charge in [0, 0.05) is 6.08 Å². The molecule has 0 saturated carbocycles. The summed E-state index contributed by atoms with van der Waals surface area (Å²) in [5.41, 5.74) is 0.557. The minimum atomic E-state index is -0.566. The molecule has 0 heterocycles. The second-order valence-electron chi connectivity index (χ2n) is 3.61. The van der Waals surface area contributed by atoms with E-state index in [1.54, 1.807) is 19.1 Å². The van der Waals surface area contributed by atoms with Gasteiger partial charge in [-0.1, -0.05) is 6.07 Å². The maximum atomic E-state index is 11.2. The van der Waals surface area contributed by atoms with Crippen LogP contribution in [-0.4, -0.2) is 31.2 Å². The fraction of sp³-hybridized carbons (Fsp3) is 0.308. The number of benzene rings is 1. The number of esters is 1. The van der Waals surface area contributed by atoms with Gasteiger partial charge in [0.25, 0.3) is 0 Å². The van der Waals surface area contributed by atoms with Crippen LogP contribution in [0.15, 0.2) is 24.4 Å². The minimum absolute atomic E-state index is 0.257. The molecule has 0 atom stereocenters. The summed E-state index contributed by atoms with van der Waals surface area (Å²) < 4.78 is 15.1. The number of nitrogens with zero attached hydrogens (tertiary/aromatic N) is 1. The summed E-state index contributed by atoms with van der Waals surface area (Å²) in [4.78, 5) is 20.9. The van der Waals surface area contributed by atoms with Gasteiger partial charge in [0.2, 0.25) is 6.20 Å². The van der Waals surface area contributed by atoms with E-state index >= 15 is 0 Å². The minimum Gasteiger partial charge on any atom is -0.493 e. The van der Waals surface area contributed by atoms with Crippen molar-refractivity contribution in [3.05, 3.63) is 40.1 Å². The average Bonchev–Trinajstić information content (AvgIpc) is 2.43. The summed E-state index contributed by atoms with van der Waals surface area (Å²) in [5, 5.41) is 10.3. The molecule has 0 aliphatic rings. The van der Waals surface area contributed by atoms with Crippen molar-refractivity contribution in [1.82, 2.24) is 0 Å². The van der Waals surface area contributed by atoms with Crippen LogP contribution in [0.2, 0.25) is 0 Å². The van der Waals surface area contributed by atoms with Crippen LogP contribution in [0.3, 0.4) is 0 Å². The number of hydrogen-bond acceptors (Lipinski definition) is 6. The Morgan fingerprint density at radius 3 is 2.75 bits per heavy atom. The number of ether oxygens (including phenoxy) is 3. The zero-order chi connectivity index (χ0) is 15.0. The Morgan fingerprint density at radius 2 is 2.15 bits per heavy atom. The lowest BCUT2D eigenvalue weighted by atomic mass is 10.2. The van der Waals surface area contributed by atoms with E-state index < -0.39 is 10.9 Å². The number of carbonyl (C=O) groups excluding carboxylic acids is 1. The van der Waals surface area contributed by atoms with Gasteiger partial charge in [-0.05, 0) is 24.6 Å². The van der Waals surface area contributed by atoms with E-state index in [0.29, 0.717) is 17.1 Å². The molecule has 0 amide bonds. The van der Waals surface area contributed by atoms with E-state index in [0.717, 1.165) is 6.20 Å². The molecular weight excluding hydrogens is 266 g/mol. The van der Waals surface area contributed by atoms with Gasteiger partial charge < -0.3 is 14.2 Å². The Hall–Kier alpha value is -2.57. The highest BCUT2D eigenvalue weighted by atomic mass is 16.6. The van der Waals surface area contributed by atoms with Gasteiger partial charge in [-0.2, -0.15) is 0 Å². The fourth-order valence-electron chi connectivity index (χ4n) is 1.40. The molecule has 0 unspecified atom stereocenters. The summed E-state index contributed by atoms with van der Waals surface area (Å²) in [7, 11) is 1.46. The molecule has 108 valence electrons. The van der Waals surface area contributed by atoms with Crippen LogP contribution in [0, 0.1) is 10.1 Å². The maximum Gasteiger partial charge on any atom is 0.344 e. The second-order valence-corrected chi connectivity index (χ2v) is 3.61. The van der Waals surface area contributed by atoms with Crippen molar-refractivity contribution < 1.29 is 23.9 Å². The van der Waals surface area contributed by atoms with Gasteiger partial charge in [0.15, 0.2) is 18.1 Å². The molecule has 1 aromatic carbocycles. The Morgan fingerprint density at radius 1 is 1.40 bits per heavy atom. The second kappa shape index (κ2) is 7.78. The molecule has 1 aromatic rings.